The molecule has 1 aliphatic heterocycles. The number of imide groups is 1. The normalized spacial score (nSPS) is 23.8. The molecule has 4 heteroatoms. The summed E-state index contributed by atoms with van der Waals surface area (Å²) in [6.07, 6.45) is 5.55. The molecule has 2 amide bonds. The molecule has 1 saturated carbocycles. The molecule has 0 aromatic rings. The molecule has 1 spiro atoms. The third-order valence-electron chi connectivity index (χ3n) is 3.77. The third kappa shape index (κ3) is 1.95. The van der Waals surface area contributed by atoms with E-state index in [1.165, 1.54) is 4.90 Å². The first-order valence-electron chi connectivity index (χ1n) is 5.87. The van der Waals surface area contributed by atoms with Crippen molar-refractivity contribution in [2.45, 2.75) is 44.9 Å². The van der Waals surface area contributed by atoms with Crippen molar-refractivity contribution in [3.05, 3.63) is 0 Å². The minimum absolute atomic E-state index is 0.0304. The average Bonchev–Trinajstić information content (AvgIpc) is 2.65. The first kappa shape index (κ1) is 11.1. The molecule has 2 rings (SSSR count). The molecule has 16 heavy (non-hydrogen) atoms. The Hall–Kier alpha value is -1.37. The summed E-state index contributed by atoms with van der Waals surface area (Å²) in [5, 5.41) is 8.48. The second-order valence-electron chi connectivity index (χ2n) is 4.91. The van der Waals surface area contributed by atoms with Gasteiger partial charge in [0.05, 0.1) is 12.5 Å². The van der Waals surface area contributed by atoms with Crippen LogP contribution < -0.4 is 0 Å². The maximum Gasteiger partial charge on any atom is 0.229 e. The topological polar surface area (TPSA) is 61.2 Å². The Morgan fingerprint density at radius 3 is 2.25 bits per heavy atom. The molecule has 2 fully saturated rings. The number of hydrogen-bond acceptors (Lipinski definition) is 3. The fourth-order valence-corrected chi connectivity index (χ4v) is 2.92. The molecule has 0 atom stereocenters. The highest BCUT2D eigenvalue weighted by atomic mass is 16.2. The largest absolute Gasteiger partial charge is 0.282 e. The van der Waals surface area contributed by atoms with Gasteiger partial charge >= 0.3 is 0 Å². The monoisotopic (exact) mass is 220 g/mol. The highest BCUT2D eigenvalue weighted by Gasteiger charge is 2.44. The first-order chi connectivity index (χ1) is 7.67. The molecule has 1 heterocycles. The zero-order valence-electron chi connectivity index (χ0n) is 9.37. The van der Waals surface area contributed by atoms with E-state index in [2.05, 4.69) is 0 Å². The van der Waals surface area contributed by atoms with Crippen molar-refractivity contribution in [1.29, 1.82) is 5.26 Å². The van der Waals surface area contributed by atoms with Crippen molar-refractivity contribution in [3.8, 4) is 6.07 Å². The smallest absolute Gasteiger partial charge is 0.229 e. The molecule has 86 valence electrons. The minimum Gasteiger partial charge on any atom is -0.282 e. The van der Waals surface area contributed by atoms with Crippen LogP contribution in [0.1, 0.15) is 44.9 Å². The lowest BCUT2D eigenvalue weighted by Gasteiger charge is -2.36. The van der Waals surface area contributed by atoms with Crippen LogP contribution in [0.5, 0.6) is 0 Å². The Bertz CT molecular complexity index is 331. The van der Waals surface area contributed by atoms with E-state index in [9.17, 15) is 9.59 Å². The number of piperidine rings is 1. The van der Waals surface area contributed by atoms with E-state index >= 15 is 0 Å². The number of carbonyl (C=O) groups excluding carboxylic acids is 2. The van der Waals surface area contributed by atoms with E-state index in [0.717, 1.165) is 25.7 Å². The Kier molecular flexibility index (Phi) is 2.95. The predicted molar refractivity (Wildman–Crippen MR) is 57.1 cm³/mol. The van der Waals surface area contributed by atoms with Crippen LogP contribution in [0, 0.1) is 16.7 Å². The summed E-state index contributed by atoms with van der Waals surface area (Å²) in [6, 6.07) is 1.97. The quantitative estimate of drug-likeness (QED) is 0.664. The van der Waals surface area contributed by atoms with Gasteiger partial charge < -0.3 is 0 Å². The van der Waals surface area contributed by atoms with Gasteiger partial charge in [0.2, 0.25) is 11.8 Å². The second kappa shape index (κ2) is 4.25. The van der Waals surface area contributed by atoms with E-state index in [4.69, 9.17) is 5.26 Å². The van der Waals surface area contributed by atoms with E-state index in [1.54, 1.807) is 0 Å². The van der Waals surface area contributed by atoms with Gasteiger partial charge in [0, 0.05) is 19.4 Å². The van der Waals surface area contributed by atoms with E-state index < -0.39 is 0 Å². The van der Waals surface area contributed by atoms with Gasteiger partial charge in [-0.05, 0) is 18.3 Å². The van der Waals surface area contributed by atoms with Crippen LogP contribution >= 0.6 is 0 Å². The number of likely N-dealkylation sites (tertiary alicyclic amines) is 1. The van der Waals surface area contributed by atoms with Gasteiger partial charge in [-0.2, -0.15) is 5.26 Å². The fraction of sp³-hybridized carbons (Fsp3) is 0.750. The fourth-order valence-electron chi connectivity index (χ4n) is 2.92. The highest BCUT2D eigenvalue weighted by molar-refractivity contribution is 5.98. The van der Waals surface area contributed by atoms with Crippen molar-refractivity contribution in [2.75, 3.05) is 6.54 Å². The lowest BCUT2D eigenvalue weighted by Crippen LogP contribution is -2.47. The van der Waals surface area contributed by atoms with Gasteiger partial charge in [-0.15, -0.1) is 0 Å². The van der Waals surface area contributed by atoms with Crippen molar-refractivity contribution < 1.29 is 9.59 Å². The van der Waals surface area contributed by atoms with E-state index in [1.807, 2.05) is 6.07 Å². The summed E-state index contributed by atoms with van der Waals surface area (Å²) in [7, 11) is 0. The van der Waals surface area contributed by atoms with Crippen molar-refractivity contribution in [2.24, 2.45) is 5.41 Å². The zero-order chi connectivity index (χ0) is 11.6. The van der Waals surface area contributed by atoms with Crippen LogP contribution in [0.4, 0.5) is 0 Å². The van der Waals surface area contributed by atoms with Crippen LogP contribution in [0.2, 0.25) is 0 Å². The number of nitrogens with zero attached hydrogens (tertiary/aromatic N) is 2. The Morgan fingerprint density at radius 2 is 1.75 bits per heavy atom. The Morgan fingerprint density at radius 1 is 1.19 bits per heavy atom. The number of rotatable bonds is 2. The molecule has 0 aromatic heterocycles. The Balaban J connectivity index is 2.05. The molecule has 0 unspecified atom stereocenters. The van der Waals surface area contributed by atoms with Gasteiger partial charge in [0.1, 0.15) is 0 Å². The van der Waals surface area contributed by atoms with Crippen molar-refractivity contribution in [3.63, 3.8) is 0 Å². The van der Waals surface area contributed by atoms with E-state index in [0.29, 0.717) is 12.8 Å². The number of nitriles is 1. The molecule has 2 aliphatic rings. The molecule has 0 bridgehead atoms. The zero-order valence-corrected chi connectivity index (χ0v) is 9.37. The van der Waals surface area contributed by atoms with Crippen LogP contribution in [0.25, 0.3) is 0 Å². The van der Waals surface area contributed by atoms with Gasteiger partial charge in [-0.3, -0.25) is 14.5 Å². The summed E-state index contributed by atoms with van der Waals surface area (Å²) in [6.45, 7) is 0.268. The van der Waals surface area contributed by atoms with Gasteiger partial charge in [0.25, 0.3) is 0 Å². The number of hydrogen-bond donors (Lipinski definition) is 0. The van der Waals surface area contributed by atoms with Gasteiger partial charge in [0.15, 0.2) is 0 Å². The maximum atomic E-state index is 11.9. The van der Waals surface area contributed by atoms with Crippen LogP contribution in [-0.2, 0) is 9.59 Å². The van der Waals surface area contributed by atoms with Gasteiger partial charge in [-0.25, -0.2) is 0 Å². The van der Waals surface area contributed by atoms with E-state index in [-0.39, 0.29) is 30.2 Å². The van der Waals surface area contributed by atoms with Gasteiger partial charge in [-0.1, -0.05) is 12.8 Å². The van der Waals surface area contributed by atoms with Crippen LogP contribution in [-0.4, -0.2) is 23.3 Å². The molecule has 0 aromatic carbocycles. The number of carbonyl (C=O) groups is 2. The SMILES string of the molecule is N#CCCN1C(=O)CC2(CCCC2)CC1=O. The minimum atomic E-state index is -0.0756. The van der Waals surface area contributed by atoms with Crippen LogP contribution in [0.15, 0.2) is 0 Å². The molecule has 4 nitrogen and oxygen atoms in total. The van der Waals surface area contributed by atoms with Crippen molar-refractivity contribution in [1.82, 2.24) is 4.90 Å². The predicted octanol–water partition coefficient (Wildman–Crippen LogP) is 1.61. The highest BCUT2D eigenvalue weighted by Crippen LogP contribution is 2.46. The lowest BCUT2D eigenvalue weighted by atomic mass is 9.76. The first-order valence-corrected chi connectivity index (χ1v) is 5.87. The summed E-state index contributed by atoms with van der Waals surface area (Å²) >= 11 is 0. The average molecular weight is 220 g/mol. The maximum absolute atomic E-state index is 11.9. The molecular weight excluding hydrogens is 204 g/mol. The third-order valence-corrected chi connectivity index (χ3v) is 3.77. The number of amides is 2. The molecule has 1 aliphatic carbocycles. The molecule has 0 radical (unpaired) electrons. The standard InChI is InChI=1S/C12H16N2O2/c13-6-3-7-14-10(15)8-12(9-11(14)16)4-1-2-5-12/h1-5,7-9H2. The molecule has 0 N–H and O–H groups in total. The lowest BCUT2D eigenvalue weighted by molar-refractivity contribution is -0.153. The summed E-state index contributed by atoms with van der Waals surface area (Å²) < 4.78 is 0. The molecular formula is C12H16N2O2. The summed E-state index contributed by atoms with van der Waals surface area (Å²) in [4.78, 5) is 25.0. The summed E-state index contributed by atoms with van der Waals surface area (Å²) in [5.74, 6) is -0.151. The molecule has 1 saturated heterocycles. The van der Waals surface area contributed by atoms with Crippen molar-refractivity contribution >= 4 is 11.8 Å². The Labute approximate surface area is 95.2 Å². The second-order valence-corrected chi connectivity index (χ2v) is 4.91. The van der Waals surface area contributed by atoms with Crippen LogP contribution in [0.3, 0.4) is 0 Å². The summed E-state index contributed by atoms with van der Waals surface area (Å²) in [5.41, 5.74) is -0.0304.